The van der Waals surface area contributed by atoms with E-state index in [-0.39, 0.29) is 11.5 Å². The predicted octanol–water partition coefficient (Wildman–Crippen LogP) is 8.02. The van der Waals surface area contributed by atoms with Crippen LogP contribution in [-0.4, -0.2) is 11.2 Å². The second kappa shape index (κ2) is 6.64. The molecule has 5 aliphatic carbocycles. The molecule has 0 heterocycles. The molecule has 0 aromatic rings. The number of aliphatic hydroxyl groups excluding tert-OH is 1. The Hall–Kier alpha value is -0.300. The second-order valence-corrected chi connectivity index (χ2v) is 14.7. The smallest absolute Gasteiger partial charge is 0.0594 e. The molecule has 31 heavy (non-hydrogen) atoms. The van der Waals surface area contributed by atoms with Crippen LogP contribution in [0.3, 0.4) is 0 Å². The van der Waals surface area contributed by atoms with Crippen LogP contribution in [0.25, 0.3) is 0 Å². The summed E-state index contributed by atoms with van der Waals surface area (Å²) in [4.78, 5) is 0. The van der Waals surface area contributed by atoms with Crippen molar-refractivity contribution in [3.05, 3.63) is 11.6 Å². The molecule has 0 aromatic carbocycles. The first-order chi connectivity index (χ1) is 14.3. The summed E-state index contributed by atoms with van der Waals surface area (Å²) in [6.07, 6.45) is 14.5. The van der Waals surface area contributed by atoms with Gasteiger partial charge in [0.25, 0.3) is 0 Å². The highest BCUT2D eigenvalue weighted by Crippen LogP contribution is 2.75. The summed E-state index contributed by atoms with van der Waals surface area (Å²) in [6.45, 7) is 20.5. The average molecular weight is 427 g/mol. The van der Waals surface area contributed by atoms with Gasteiger partial charge in [-0.05, 0) is 114 Å². The Bertz CT molecular complexity index is 779. The van der Waals surface area contributed by atoms with Crippen LogP contribution in [0.15, 0.2) is 11.6 Å². The van der Waals surface area contributed by atoms with E-state index in [0.29, 0.717) is 27.6 Å². The summed E-state index contributed by atoms with van der Waals surface area (Å²) >= 11 is 0. The molecule has 4 fully saturated rings. The maximum Gasteiger partial charge on any atom is 0.0594 e. The van der Waals surface area contributed by atoms with E-state index in [4.69, 9.17) is 0 Å². The Kier molecular flexibility index (Phi) is 4.82. The Labute approximate surface area is 192 Å². The molecule has 5 rings (SSSR count). The molecule has 0 aliphatic heterocycles. The van der Waals surface area contributed by atoms with E-state index >= 15 is 0 Å². The van der Waals surface area contributed by atoms with E-state index in [0.717, 1.165) is 30.1 Å². The van der Waals surface area contributed by atoms with Crippen LogP contribution >= 0.6 is 0 Å². The number of rotatable bonds is 0. The van der Waals surface area contributed by atoms with E-state index < -0.39 is 0 Å². The minimum atomic E-state index is -0.125. The van der Waals surface area contributed by atoms with Crippen LogP contribution in [-0.2, 0) is 0 Å². The summed E-state index contributed by atoms with van der Waals surface area (Å²) in [6, 6.07) is 0. The van der Waals surface area contributed by atoms with E-state index in [1.54, 1.807) is 0 Å². The molecule has 0 bridgehead atoms. The normalized spacial score (nSPS) is 58.3. The lowest BCUT2D eigenvalue weighted by atomic mass is 9.33. The minimum Gasteiger partial charge on any atom is -0.393 e. The summed E-state index contributed by atoms with van der Waals surface area (Å²) in [5.41, 5.74) is 3.60. The molecule has 1 N–H and O–H groups in total. The monoisotopic (exact) mass is 426 g/mol. The number of hydrogen-bond donors (Lipinski definition) is 1. The third-order valence-corrected chi connectivity index (χ3v) is 13.4. The summed E-state index contributed by atoms with van der Waals surface area (Å²) < 4.78 is 0. The summed E-state index contributed by atoms with van der Waals surface area (Å²) in [5, 5.41) is 10.9. The van der Waals surface area contributed by atoms with E-state index in [1.807, 2.05) is 5.57 Å². The first-order valence-electron chi connectivity index (χ1n) is 13.7. The molecule has 0 saturated heterocycles. The molecular formula is C30H50O. The minimum absolute atomic E-state index is 0.0533. The maximum atomic E-state index is 10.9. The van der Waals surface area contributed by atoms with Gasteiger partial charge in [0.1, 0.15) is 0 Å². The molecule has 176 valence electrons. The van der Waals surface area contributed by atoms with E-state index in [9.17, 15) is 5.11 Å². The SMILES string of the molecule is C[C@@H]1[C@H](C)CC[C@@]2(C)CC[C@]3(C)C(=CC[C@@H]4[C@@]5(C)CC[C@@H](O)C(C)(C)[C@@H]5CC[C@]43C)[C@@H]12. The standard InChI is InChI=1S/C30H50O/c1-19-11-14-27(5)17-18-29(7)21(25(27)20(19)2)9-10-23-28(6)15-13-24(31)26(3,4)22(28)12-16-30(23,29)8/h9,19-20,22-25,31H,10-18H2,1-8H3/t19-,20-,22+,23-,24-,25-,27+,28+,29-,30-/m1/s1. The number of hydrogen-bond acceptors (Lipinski definition) is 1. The third kappa shape index (κ3) is 2.65. The molecule has 0 spiro atoms. The Balaban J connectivity index is 1.59. The molecule has 1 heteroatoms. The van der Waals surface area contributed by atoms with Crippen molar-refractivity contribution in [2.24, 2.45) is 56.7 Å². The summed E-state index contributed by atoms with van der Waals surface area (Å²) in [7, 11) is 0. The van der Waals surface area contributed by atoms with Crippen molar-refractivity contribution in [2.45, 2.75) is 119 Å². The lowest BCUT2D eigenvalue weighted by molar-refractivity contribution is -0.203. The largest absolute Gasteiger partial charge is 0.393 e. The van der Waals surface area contributed by atoms with Crippen LogP contribution in [0.2, 0.25) is 0 Å². The number of aliphatic hydroxyl groups is 1. The average Bonchev–Trinajstić information content (AvgIpc) is 2.69. The van der Waals surface area contributed by atoms with Gasteiger partial charge >= 0.3 is 0 Å². The zero-order valence-electron chi connectivity index (χ0n) is 21.9. The molecule has 5 aliphatic rings. The van der Waals surface area contributed by atoms with Crippen molar-refractivity contribution in [2.75, 3.05) is 0 Å². The molecule has 0 unspecified atom stereocenters. The van der Waals surface area contributed by atoms with Gasteiger partial charge in [0.2, 0.25) is 0 Å². The van der Waals surface area contributed by atoms with Crippen LogP contribution in [0.4, 0.5) is 0 Å². The van der Waals surface area contributed by atoms with Gasteiger partial charge in [0, 0.05) is 0 Å². The van der Waals surface area contributed by atoms with E-state index in [2.05, 4.69) is 61.5 Å². The van der Waals surface area contributed by atoms with Crippen LogP contribution in [0.5, 0.6) is 0 Å². The second-order valence-electron chi connectivity index (χ2n) is 14.7. The number of allylic oxidation sites excluding steroid dienone is 2. The van der Waals surface area contributed by atoms with Crippen molar-refractivity contribution >= 4 is 0 Å². The first-order valence-corrected chi connectivity index (χ1v) is 13.7. The van der Waals surface area contributed by atoms with Crippen molar-refractivity contribution in [3.63, 3.8) is 0 Å². The number of fused-ring (bicyclic) bond motifs is 7. The molecule has 4 saturated carbocycles. The van der Waals surface area contributed by atoms with Gasteiger partial charge in [0.15, 0.2) is 0 Å². The van der Waals surface area contributed by atoms with Gasteiger partial charge in [-0.25, -0.2) is 0 Å². The van der Waals surface area contributed by atoms with Crippen molar-refractivity contribution < 1.29 is 5.11 Å². The van der Waals surface area contributed by atoms with Crippen LogP contribution in [0.1, 0.15) is 113 Å². The Morgan fingerprint density at radius 2 is 1.52 bits per heavy atom. The van der Waals surface area contributed by atoms with Crippen molar-refractivity contribution in [1.29, 1.82) is 0 Å². The summed E-state index contributed by atoms with van der Waals surface area (Å²) in [5.74, 6) is 3.90. The highest BCUT2D eigenvalue weighted by Gasteiger charge is 2.67. The van der Waals surface area contributed by atoms with Crippen molar-refractivity contribution in [1.82, 2.24) is 0 Å². The molecule has 0 amide bonds. The topological polar surface area (TPSA) is 20.2 Å². The molecular weight excluding hydrogens is 376 g/mol. The van der Waals surface area contributed by atoms with Crippen LogP contribution in [0, 0.1) is 56.7 Å². The van der Waals surface area contributed by atoms with Gasteiger partial charge in [-0.2, -0.15) is 0 Å². The molecule has 0 radical (unpaired) electrons. The van der Waals surface area contributed by atoms with Gasteiger partial charge in [-0.3, -0.25) is 0 Å². The zero-order valence-corrected chi connectivity index (χ0v) is 21.9. The lowest BCUT2D eigenvalue weighted by Gasteiger charge is -2.71. The zero-order chi connectivity index (χ0) is 22.6. The van der Waals surface area contributed by atoms with Gasteiger partial charge in [0.05, 0.1) is 6.10 Å². The molecule has 0 aromatic heterocycles. The maximum absolute atomic E-state index is 10.9. The first kappa shape index (κ1) is 22.5. The third-order valence-electron chi connectivity index (χ3n) is 13.4. The Morgan fingerprint density at radius 3 is 2.23 bits per heavy atom. The van der Waals surface area contributed by atoms with Crippen LogP contribution < -0.4 is 0 Å². The molecule has 10 atom stereocenters. The van der Waals surface area contributed by atoms with E-state index in [1.165, 1.54) is 51.4 Å². The van der Waals surface area contributed by atoms with Gasteiger partial charge in [-0.1, -0.05) is 67.0 Å². The van der Waals surface area contributed by atoms with Gasteiger partial charge in [-0.15, -0.1) is 0 Å². The van der Waals surface area contributed by atoms with Gasteiger partial charge < -0.3 is 5.11 Å². The predicted molar refractivity (Wildman–Crippen MR) is 131 cm³/mol. The Morgan fingerprint density at radius 1 is 0.806 bits per heavy atom. The van der Waals surface area contributed by atoms with Crippen molar-refractivity contribution in [3.8, 4) is 0 Å². The fraction of sp³-hybridized carbons (Fsp3) is 0.933. The fourth-order valence-electron chi connectivity index (χ4n) is 10.8. The quantitative estimate of drug-likeness (QED) is 0.389. The highest BCUT2D eigenvalue weighted by molar-refractivity contribution is 5.33. The molecule has 1 nitrogen and oxygen atoms in total. The highest BCUT2D eigenvalue weighted by atomic mass is 16.3. The lowest BCUT2D eigenvalue weighted by Crippen LogP contribution is -2.64. The fourth-order valence-corrected chi connectivity index (χ4v) is 10.8.